The Morgan fingerprint density at radius 1 is 0.971 bits per heavy atom. The molecule has 2 heterocycles. The van der Waals surface area contributed by atoms with E-state index in [4.69, 9.17) is 9.97 Å². The van der Waals surface area contributed by atoms with E-state index in [-0.39, 0.29) is 5.91 Å². The molecule has 0 unspecified atom stereocenters. The molecule has 7 heteroatoms. The van der Waals surface area contributed by atoms with Gasteiger partial charge in [0.05, 0.1) is 17.9 Å². The van der Waals surface area contributed by atoms with Gasteiger partial charge in [-0.3, -0.25) is 9.78 Å². The summed E-state index contributed by atoms with van der Waals surface area (Å²) in [4.78, 5) is 28.5. The zero-order chi connectivity index (χ0) is 24.5. The average molecular weight is 484 g/mol. The second-order valence-electron chi connectivity index (χ2n) is 8.17. The van der Waals surface area contributed by atoms with E-state index in [1.165, 1.54) is 0 Å². The van der Waals surface area contributed by atoms with Gasteiger partial charge in [0.25, 0.3) is 5.91 Å². The Bertz CT molecular complexity index is 1230. The Kier molecular flexibility index (Phi) is 8.46. The lowest BCUT2D eigenvalue weighted by Gasteiger charge is -2.18. The number of benzene rings is 2. The van der Waals surface area contributed by atoms with Gasteiger partial charge in [0.15, 0.2) is 5.16 Å². The first kappa shape index (κ1) is 24.4. The summed E-state index contributed by atoms with van der Waals surface area (Å²) < 4.78 is 0. The molecule has 35 heavy (non-hydrogen) atoms. The third kappa shape index (κ3) is 6.90. The number of hydrogen-bond acceptors (Lipinski definition) is 6. The monoisotopic (exact) mass is 483 g/mol. The Hall–Kier alpha value is -3.71. The summed E-state index contributed by atoms with van der Waals surface area (Å²) in [5.41, 5.74) is 4.55. The highest BCUT2D eigenvalue weighted by molar-refractivity contribution is 7.98. The summed E-state index contributed by atoms with van der Waals surface area (Å²) in [5.74, 6) is 1.52. The minimum Gasteiger partial charge on any atom is -0.360 e. The number of anilines is 1. The van der Waals surface area contributed by atoms with Crippen molar-refractivity contribution < 1.29 is 4.79 Å². The summed E-state index contributed by atoms with van der Waals surface area (Å²) >= 11 is 1.60. The van der Waals surface area contributed by atoms with Crippen LogP contribution >= 0.6 is 11.8 Å². The Labute approximate surface area is 210 Å². The van der Waals surface area contributed by atoms with E-state index in [0.29, 0.717) is 17.9 Å². The fraction of sp³-hybridized carbons (Fsp3) is 0.214. The van der Waals surface area contributed by atoms with Crippen LogP contribution in [0.2, 0.25) is 0 Å². The smallest absolute Gasteiger partial charge is 0.251 e. The van der Waals surface area contributed by atoms with Crippen LogP contribution in [0.3, 0.4) is 0 Å². The van der Waals surface area contributed by atoms with Gasteiger partial charge < -0.3 is 10.2 Å². The van der Waals surface area contributed by atoms with Crippen molar-refractivity contribution in [3.05, 3.63) is 102 Å². The molecule has 178 valence electrons. The van der Waals surface area contributed by atoms with Gasteiger partial charge in [0.2, 0.25) is 0 Å². The molecular formula is C28H29N5OS. The number of carbonyl (C=O) groups is 1. The molecule has 6 nitrogen and oxygen atoms in total. The van der Waals surface area contributed by atoms with Crippen molar-refractivity contribution in [3.63, 3.8) is 0 Å². The van der Waals surface area contributed by atoms with Crippen LogP contribution in [0.15, 0.2) is 90.2 Å². The maximum atomic E-state index is 12.5. The van der Waals surface area contributed by atoms with Crippen LogP contribution in [-0.4, -0.2) is 34.5 Å². The van der Waals surface area contributed by atoms with Crippen LogP contribution in [0.5, 0.6) is 0 Å². The van der Waals surface area contributed by atoms with Crippen molar-refractivity contribution in [1.29, 1.82) is 0 Å². The van der Waals surface area contributed by atoms with Gasteiger partial charge in [-0.25, -0.2) is 9.97 Å². The number of rotatable bonds is 10. The van der Waals surface area contributed by atoms with E-state index in [2.05, 4.69) is 41.3 Å². The van der Waals surface area contributed by atoms with Gasteiger partial charge in [0, 0.05) is 42.7 Å². The van der Waals surface area contributed by atoms with Crippen LogP contribution < -0.4 is 10.2 Å². The molecule has 1 amide bonds. The SMILES string of the molecule is CCCN(C)c1cc(-c2ccccc2)nc(SCc2ccc(C(=O)NCc3ccccn3)cc2)n1. The molecule has 0 aliphatic heterocycles. The van der Waals surface area contributed by atoms with Crippen LogP contribution in [-0.2, 0) is 12.3 Å². The number of hydrogen-bond donors (Lipinski definition) is 1. The summed E-state index contributed by atoms with van der Waals surface area (Å²) in [7, 11) is 2.06. The van der Waals surface area contributed by atoms with Gasteiger partial charge in [-0.05, 0) is 36.2 Å². The number of nitrogens with one attached hydrogen (secondary N) is 1. The van der Waals surface area contributed by atoms with E-state index in [1.807, 2.05) is 66.7 Å². The Morgan fingerprint density at radius 2 is 1.74 bits per heavy atom. The zero-order valence-corrected chi connectivity index (χ0v) is 20.8. The predicted octanol–water partition coefficient (Wildman–Crippen LogP) is 5.61. The first-order chi connectivity index (χ1) is 17.1. The number of pyridine rings is 1. The van der Waals surface area contributed by atoms with Crippen molar-refractivity contribution in [2.24, 2.45) is 0 Å². The molecule has 2 aromatic heterocycles. The molecule has 0 spiro atoms. The van der Waals surface area contributed by atoms with Crippen LogP contribution in [0.25, 0.3) is 11.3 Å². The number of thioether (sulfide) groups is 1. The molecule has 0 saturated heterocycles. The first-order valence-corrected chi connectivity index (χ1v) is 12.7. The van der Waals surface area contributed by atoms with Crippen LogP contribution in [0.1, 0.15) is 35.0 Å². The predicted molar refractivity (Wildman–Crippen MR) is 142 cm³/mol. The number of aromatic nitrogens is 3. The second kappa shape index (κ2) is 12.1. The molecule has 0 aliphatic rings. The molecule has 2 aromatic carbocycles. The normalized spacial score (nSPS) is 10.7. The quantitative estimate of drug-likeness (QED) is 0.234. The first-order valence-electron chi connectivity index (χ1n) is 11.7. The zero-order valence-electron chi connectivity index (χ0n) is 20.0. The number of amides is 1. The van der Waals surface area contributed by atoms with Crippen molar-refractivity contribution in [3.8, 4) is 11.3 Å². The third-order valence-electron chi connectivity index (χ3n) is 5.45. The minimum absolute atomic E-state index is 0.114. The summed E-state index contributed by atoms with van der Waals surface area (Å²) in [6.45, 7) is 3.49. The Balaban J connectivity index is 1.42. The highest BCUT2D eigenvalue weighted by Crippen LogP contribution is 2.27. The molecule has 0 saturated carbocycles. The van der Waals surface area contributed by atoms with E-state index in [9.17, 15) is 4.79 Å². The molecule has 1 N–H and O–H groups in total. The summed E-state index contributed by atoms with van der Waals surface area (Å²) in [6.07, 6.45) is 2.77. The van der Waals surface area contributed by atoms with Crippen LogP contribution in [0, 0.1) is 0 Å². The maximum Gasteiger partial charge on any atom is 0.251 e. The van der Waals surface area contributed by atoms with Crippen molar-refractivity contribution >= 4 is 23.5 Å². The minimum atomic E-state index is -0.114. The second-order valence-corrected chi connectivity index (χ2v) is 9.11. The Morgan fingerprint density at radius 3 is 2.46 bits per heavy atom. The molecule has 0 bridgehead atoms. The number of carbonyl (C=O) groups excluding carboxylic acids is 1. The van der Waals surface area contributed by atoms with E-state index < -0.39 is 0 Å². The summed E-state index contributed by atoms with van der Waals surface area (Å²) in [5, 5.41) is 3.65. The summed E-state index contributed by atoms with van der Waals surface area (Å²) in [6, 6.07) is 25.6. The highest BCUT2D eigenvalue weighted by Gasteiger charge is 2.11. The third-order valence-corrected chi connectivity index (χ3v) is 6.37. The molecule has 0 radical (unpaired) electrons. The lowest BCUT2D eigenvalue weighted by molar-refractivity contribution is 0.0950. The topological polar surface area (TPSA) is 71.0 Å². The molecular weight excluding hydrogens is 454 g/mol. The van der Waals surface area contributed by atoms with Crippen molar-refractivity contribution in [2.45, 2.75) is 30.8 Å². The van der Waals surface area contributed by atoms with Crippen LogP contribution in [0.4, 0.5) is 5.82 Å². The van der Waals surface area contributed by atoms with E-state index in [0.717, 1.165) is 46.5 Å². The molecule has 0 aliphatic carbocycles. The van der Waals surface area contributed by atoms with Gasteiger partial charge in [-0.15, -0.1) is 0 Å². The van der Waals surface area contributed by atoms with Gasteiger partial charge in [-0.1, -0.05) is 67.2 Å². The fourth-order valence-electron chi connectivity index (χ4n) is 3.56. The van der Waals surface area contributed by atoms with E-state index >= 15 is 0 Å². The highest BCUT2D eigenvalue weighted by atomic mass is 32.2. The molecule has 4 aromatic rings. The lowest BCUT2D eigenvalue weighted by Crippen LogP contribution is -2.23. The molecule has 0 atom stereocenters. The van der Waals surface area contributed by atoms with Gasteiger partial charge >= 0.3 is 0 Å². The number of nitrogens with zero attached hydrogens (tertiary/aromatic N) is 4. The lowest BCUT2D eigenvalue weighted by atomic mass is 10.1. The van der Waals surface area contributed by atoms with Crippen molar-refractivity contribution in [1.82, 2.24) is 20.3 Å². The van der Waals surface area contributed by atoms with Crippen molar-refractivity contribution in [2.75, 3.05) is 18.5 Å². The fourth-order valence-corrected chi connectivity index (χ4v) is 4.36. The van der Waals surface area contributed by atoms with Gasteiger partial charge in [0.1, 0.15) is 5.82 Å². The van der Waals surface area contributed by atoms with Gasteiger partial charge in [-0.2, -0.15) is 0 Å². The average Bonchev–Trinajstić information content (AvgIpc) is 2.92. The largest absolute Gasteiger partial charge is 0.360 e. The molecule has 4 rings (SSSR count). The standard InChI is InChI=1S/C28H29N5OS/c1-3-17-33(2)26-18-25(22-9-5-4-6-10-22)31-28(32-26)35-20-21-12-14-23(15-13-21)27(34)30-19-24-11-7-8-16-29-24/h4-16,18H,3,17,19-20H2,1-2H3,(H,30,34). The maximum absolute atomic E-state index is 12.5. The van der Waals surface area contributed by atoms with E-state index in [1.54, 1.807) is 18.0 Å². The molecule has 0 fully saturated rings.